The number of hydrogen-bond donors (Lipinski definition) is 1. The van der Waals surface area contributed by atoms with Crippen LogP contribution in [-0.2, 0) is 6.54 Å². The Morgan fingerprint density at radius 2 is 1.76 bits per heavy atom. The van der Waals surface area contributed by atoms with E-state index in [4.69, 9.17) is 11.1 Å². The monoisotopic (exact) mass is 308 g/mol. The summed E-state index contributed by atoms with van der Waals surface area (Å²) in [6.07, 6.45) is 4.47. The number of nitrogens with two attached hydrogens (primary N) is 1. The topological polar surface area (TPSA) is 73.4 Å². The molecule has 1 aliphatic rings. The lowest BCUT2D eigenvalue weighted by molar-refractivity contribution is 0.152. The van der Waals surface area contributed by atoms with Gasteiger partial charge in [0, 0.05) is 13.1 Å². The van der Waals surface area contributed by atoms with Crippen molar-refractivity contribution < 1.29 is 4.79 Å². The Bertz CT molecular complexity index is 489. The van der Waals surface area contributed by atoms with Gasteiger partial charge in [0.2, 0.25) is 0 Å². The van der Waals surface area contributed by atoms with Crippen molar-refractivity contribution in [1.82, 2.24) is 9.91 Å². The quantitative estimate of drug-likeness (QED) is 0.518. The number of nitrogens with zero attached hydrogens (tertiary/aromatic N) is 3. The Hall–Kier alpha value is -1.77. The first-order valence-electron chi connectivity index (χ1n) is 7.01. The molecule has 2 rings (SSSR count). The first-order valence-corrected chi connectivity index (χ1v) is 7.01. The number of hydrogen-bond acceptors (Lipinski definition) is 3. The highest BCUT2D eigenvalue weighted by molar-refractivity contribution is 5.85. The van der Waals surface area contributed by atoms with Gasteiger partial charge < -0.3 is 4.90 Å². The number of carbonyl (C=O) groups excluding carboxylic acids is 1. The van der Waals surface area contributed by atoms with Crippen LogP contribution in [0.25, 0.3) is 0 Å². The number of benzene rings is 1. The summed E-state index contributed by atoms with van der Waals surface area (Å²) in [5.74, 6) is 5.88. The highest BCUT2D eigenvalue weighted by Crippen LogP contribution is 2.12. The average molecular weight is 309 g/mol. The summed E-state index contributed by atoms with van der Waals surface area (Å²) in [4.78, 5) is 14.1. The lowest BCUT2D eigenvalue weighted by Gasteiger charge is -2.26. The molecule has 0 aromatic heterocycles. The maximum absolute atomic E-state index is 12.3. The van der Waals surface area contributed by atoms with Gasteiger partial charge in [-0.3, -0.25) is 5.01 Å². The molecule has 114 valence electrons. The second kappa shape index (κ2) is 8.50. The number of likely N-dealkylation sites (tertiary alicyclic amines) is 1. The SMILES string of the molecule is Cl.N#Cc1ccc(CN(N)C(=O)N2CCCCCC2)cc1. The predicted octanol–water partition coefficient (Wildman–Crippen LogP) is 2.65. The van der Waals surface area contributed by atoms with E-state index in [9.17, 15) is 4.79 Å². The number of halogens is 1. The summed E-state index contributed by atoms with van der Waals surface area (Å²) >= 11 is 0. The molecule has 0 spiro atoms. The Labute approximate surface area is 131 Å². The van der Waals surface area contributed by atoms with Crippen LogP contribution in [0.2, 0.25) is 0 Å². The highest BCUT2D eigenvalue weighted by atomic mass is 35.5. The van der Waals surface area contributed by atoms with Gasteiger partial charge in [0.15, 0.2) is 0 Å². The highest BCUT2D eigenvalue weighted by Gasteiger charge is 2.19. The van der Waals surface area contributed by atoms with Crippen molar-refractivity contribution in [3.63, 3.8) is 0 Å². The van der Waals surface area contributed by atoms with Gasteiger partial charge >= 0.3 is 6.03 Å². The zero-order valence-electron chi connectivity index (χ0n) is 12.0. The molecule has 21 heavy (non-hydrogen) atoms. The molecule has 0 saturated carbocycles. The maximum atomic E-state index is 12.3. The molecule has 0 atom stereocenters. The Morgan fingerprint density at radius 3 is 2.29 bits per heavy atom. The van der Waals surface area contributed by atoms with E-state index in [2.05, 4.69) is 6.07 Å². The molecule has 0 bridgehead atoms. The van der Waals surface area contributed by atoms with Crippen molar-refractivity contribution in [3.8, 4) is 6.07 Å². The lowest BCUT2D eigenvalue weighted by Crippen LogP contribution is -2.46. The Kier molecular flexibility index (Phi) is 7.00. The van der Waals surface area contributed by atoms with Crippen molar-refractivity contribution in [3.05, 3.63) is 35.4 Å². The third kappa shape index (κ3) is 4.92. The summed E-state index contributed by atoms with van der Waals surface area (Å²) in [5.41, 5.74) is 1.53. The van der Waals surface area contributed by atoms with E-state index in [1.807, 2.05) is 17.0 Å². The van der Waals surface area contributed by atoms with Crippen LogP contribution in [-0.4, -0.2) is 29.0 Å². The molecule has 0 radical (unpaired) electrons. The largest absolute Gasteiger partial charge is 0.334 e. The smallest absolute Gasteiger partial charge is 0.324 e. The van der Waals surface area contributed by atoms with Crippen molar-refractivity contribution in [2.45, 2.75) is 32.2 Å². The third-order valence-electron chi connectivity index (χ3n) is 3.56. The lowest BCUT2D eigenvalue weighted by atomic mass is 10.1. The average Bonchev–Trinajstić information content (AvgIpc) is 2.76. The van der Waals surface area contributed by atoms with Gasteiger partial charge in [0.25, 0.3) is 0 Å². The molecule has 0 unspecified atom stereocenters. The Morgan fingerprint density at radius 1 is 1.19 bits per heavy atom. The number of urea groups is 1. The molecule has 0 aliphatic carbocycles. The zero-order chi connectivity index (χ0) is 14.4. The maximum Gasteiger partial charge on any atom is 0.334 e. The first-order chi connectivity index (χ1) is 9.70. The van der Waals surface area contributed by atoms with Gasteiger partial charge in [-0.2, -0.15) is 5.26 Å². The second-order valence-electron chi connectivity index (χ2n) is 5.12. The molecule has 1 aromatic carbocycles. The molecule has 1 heterocycles. The van der Waals surface area contributed by atoms with E-state index in [1.54, 1.807) is 12.1 Å². The number of rotatable bonds is 2. The molecular formula is C15H21ClN4O. The fourth-order valence-corrected chi connectivity index (χ4v) is 2.39. The molecular weight excluding hydrogens is 288 g/mol. The number of carbonyl (C=O) groups is 1. The molecule has 6 heteroatoms. The van der Waals surface area contributed by atoms with E-state index in [0.29, 0.717) is 12.1 Å². The van der Waals surface area contributed by atoms with E-state index in [0.717, 1.165) is 31.5 Å². The van der Waals surface area contributed by atoms with Gasteiger partial charge in [-0.25, -0.2) is 10.6 Å². The molecule has 1 fully saturated rings. The van der Waals surface area contributed by atoms with Crippen molar-refractivity contribution in [2.75, 3.05) is 13.1 Å². The summed E-state index contributed by atoms with van der Waals surface area (Å²) in [5, 5.41) is 10.0. The van der Waals surface area contributed by atoms with E-state index < -0.39 is 0 Å². The molecule has 2 amide bonds. The second-order valence-corrected chi connectivity index (χ2v) is 5.12. The molecule has 2 N–H and O–H groups in total. The summed E-state index contributed by atoms with van der Waals surface area (Å²) in [6, 6.07) is 9.08. The zero-order valence-corrected chi connectivity index (χ0v) is 12.8. The standard InChI is InChI=1S/C15H20N4O.ClH/c16-11-13-5-7-14(8-6-13)12-19(17)15(20)18-9-3-1-2-4-10-18;/h5-8H,1-4,9-10,12,17H2;1H. The summed E-state index contributed by atoms with van der Waals surface area (Å²) in [7, 11) is 0. The third-order valence-corrected chi connectivity index (χ3v) is 3.56. The van der Waals surface area contributed by atoms with Crippen LogP contribution in [0.3, 0.4) is 0 Å². The van der Waals surface area contributed by atoms with Crippen LogP contribution < -0.4 is 5.84 Å². The fraction of sp³-hybridized carbons (Fsp3) is 0.467. The minimum absolute atomic E-state index is 0. The van der Waals surface area contributed by atoms with Crippen LogP contribution >= 0.6 is 12.4 Å². The van der Waals surface area contributed by atoms with Crippen molar-refractivity contribution in [1.29, 1.82) is 5.26 Å². The predicted molar refractivity (Wildman–Crippen MR) is 83.6 cm³/mol. The minimum atomic E-state index is -0.115. The van der Waals surface area contributed by atoms with Crippen molar-refractivity contribution in [2.24, 2.45) is 5.84 Å². The number of hydrazine groups is 1. The van der Waals surface area contributed by atoms with Gasteiger partial charge in [-0.05, 0) is 30.5 Å². The van der Waals surface area contributed by atoms with E-state index in [-0.39, 0.29) is 18.4 Å². The molecule has 1 saturated heterocycles. The normalized spacial score (nSPS) is 14.6. The summed E-state index contributed by atoms with van der Waals surface area (Å²) < 4.78 is 0. The number of amides is 2. The molecule has 1 aliphatic heterocycles. The van der Waals surface area contributed by atoms with Gasteiger partial charge in [-0.15, -0.1) is 12.4 Å². The van der Waals surface area contributed by atoms with Crippen LogP contribution in [0, 0.1) is 11.3 Å². The first kappa shape index (κ1) is 17.3. The van der Waals surface area contributed by atoms with Crippen LogP contribution in [0.5, 0.6) is 0 Å². The van der Waals surface area contributed by atoms with Crippen molar-refractivity contribution >= 4 is 18.4 Å². The van der Waals surface area contributed by atoms with Crippen LogP contribution in [0.4, 0.5) is 4.79 Å². The van der Waals surface area contributed by atoms with Gasteiger partial charge in [0.05, 0.1) is 18.2 Å². The summed E-state index contributed by atoms with van der Waals surface area (Å²) in [6.45, 7) is 1.95. The van der Waals surface area contributed by atoms with Gasteiger partial charge in [0.1, 0.15) is 0 Å². The fourth-order valence-electron chi connectivity index (χ4n) is 2.39. The molecule has 1 aromatic rings. The number of nitriles is 1. The van der Waals surface area contributed by atoms with E-state index in [1.165, 1.54) is 17.9 Å². The minimum Gasteiger partial charge on any atom is -0.324 e. The van der Waals surface area contributed by atoms with Crippen LogP contribution in [0.15, 0.2) is 24.3 Å². The van der Waals surface area contributed by atoms with Gasteiger partial charge in [-0.1, -0.05) is 25.0 Å². The molecule has 5 nitrogen and oxygen atoms in total. The van der Waals surface area contributed by atoms with Crippen LogP contribution in [0.1, 0.15) is 36.8 Å². The van der Waals surface area contributed by atoms with E-state index >= 15 is 0 Å². The Balaban J connectivity index is 0.00000220.